The molecule has 0 fully saturated rings. The Kier molecular flexibility index (Phi) is 4.72. The number of nitrogens with zero attached hydrogens (tertiary/aromatic N) is 2. The molecule has 0 unspecified atom stereocenters. The normalized spacial score (nSPS) is 10.1. The summed E-state index contributed by atoms with van der Waals surface area (Å²) >= 11 is 0. The Morgan fingerprint density at radius 2 is 2.38 bits per heavy atom. The van der Waals surface area contributed by atoms with Crippen LogP contribution in [0.3, 0.4) is 0 Å². The molecule has 0 saturated carbocycles. The minimum Gasteiger partial charge on any atom is -0.396 e. The van der Waals surface area contributed by atoms with Gasteiger partial charge in [0.15, 0.2) is 0 Å². The number of nitrogens with two attached hydrogens (primary N) is 1. The summed E-state index contributed by atoms with van der Waals surface area (Å²) in [6.45, 7) is 0.589. The highest BCUT2D eigenvalue weighted by atomic mass is 16.5. The molecule has 88 valence electrons. The van der Waals surface area contributed by atoms with E-state index in [9.17, 15) is 4.79 Å². The molecule has 2 N–H and O–H groups in total. The number of hydrogen-bond donors (Lipinski definition) is 1. The highest BCUT2D eigenvalue weighted by molar-refractivity contribution is 5.95. The molecule has 0 bridgehead atoms. The van der Waals surface area contributed by atoms with Crippen LogP contribution in [-0.4, -0.2) is 31.7 Å². The van der Waals surface area contributed by atoms with Crippen molar-refractivity contribution in [3.63, 3.8) is 0 Å². The Bertz CT molecular complexity index is 355. The zero-order chi connectivity index (χ0) is 12.0. The molecule has 1 amide bonds. The summed E-state index contributed by atoms with van der Waals surface area (Å²) in [7, 11) is 3.33. The van der Waals surface area contributed by atoms with Gasteiger partial charge in [-0.25, -0.2) is 0 Å². The molecule has 5 nitrogen and oxygen atoms in total. The fraction of sp³-hybridized carbons (Fsp3) is 0.455. The average Bonchev–Trinajstić information content (AvgIpc) is 2.29. The highest BCUT2D eigenvalue weighted by Crippen LogP contribution is 2.20. The Hall–Kier alpha value is -1.62. The molecule has 1 aromatic rings. The second kappa shape index (κ2) is 6.07. The van der Waals surface area contributed by atoms with Crippen LogP contribution in [0.4, 0.5) is 11.4 Å². The molecule has 0 spiro atoms. The number of anilines is 2. The minimum absolute atomic E-state index is 0.0231. The third-order valence-electron chi connectivity index (χ3n) is 2.30. The van der Waals surface area contributed by atoms with Gasteiger partial charge in [0.2, 0.25) is 5.91 Å². The molecule has 1 aromatic heterocycles. The van der Waals surface area contributed by atoms with Crippen molar-refractivity contribution in [2.75, 3.05) is 31.4 Å². The van der Waals surface area contributed by atoms with Gasteiger partial charge < -0.3 is 15.4 Å². The Balaban J connectivity index is 2.60. The van der Waals surface area contributed by atoms with E-state index in [4.69, 9.17) is 10.5 Å². The quantitative estimate of drug-likeness (QED) is 0.758. The number of aromatic nitrogens is 1. The van der Waals surface area contributed by atoms with E-state index in [1.54, 1.807) is 31.3 Å². The molecule has 0 aliphatic rings. The van der Waals surface area contributed by atoms with Crippen LogP contribution < -0.4 is 10.6 Å². The molecule has 1 rings (SSSR count). The van der Waals surface area contributed by atoms with Crippen LogP contribution in [0.15, 0.2) is 18.5 Å². The summed E-state index contributed by atoms with van der Waals surface area (Å²) in [5.74, 6) is 0.0231. The van der Waals surface area contributed by atoms with E-state index in [2.05, 4.69) is 4.98 Å². The summed E-state index contributed by atoms with van der Waals surface area (Å²) in [5.41, 5.74) is 6.93. The first-order valence-corrected chi connectivity index (χ1v) is 5.11. The summed E-state index contributed by atoms with van der Waals surface area (Å²) in [5, 5.41) is 0. The summed E-state index contributed by atoms with van der Waals surface area (Å²) in [6.07, 6.45) is 4.32. The van der Waals surface area contributed by atoms with E-state index in [-0.39, 0.29) is 5.91 Å². The molecule has 5 heteroatoms. The van der Waals surface area contributed by atoms with Crippen molar-refractivity contribution in [2.24, 2.45) is 0 Å². The van der Waals surface area contributed by atoms with Crippen molar-refractivity contribution in [3.05, 3.63) is 18.5 Å². The van der Waals surface area contributed by atoms with Crippen LogP contribution in [0.2, 0.25) is 0 Å². The summed E-state index contributed by atoms with van der Waals surface area (Å²) < 4.78 is 4.90. The van der Waals surface area contributed by atoms with Gasteiger partial charge in [-0.05, 0) is 12.5 Å². The molecule has 1 heterocycles. The first kappa shape index (κ1) is 12.4. The Labute approximate surface area is 95.2 Å². The van der Waals surface area contributed by atoms with Gasteiger partial charge in [-0.3, -0.25) is 9.78 Å². The molecule has 0 aliphatic heterocycles. The largest absolute Gasteiger partial charge is 0.396 e. The Morgan fingerprint density at radius 1 is 1.62 bits per heavy atom. The van der Waals surface area contributed by atoms with Gasteiger partial charge in [0.1, 0.15) is 0 Å². The Morgan fingerprint density at radius 3 is 3.00 bits per heavy atom. The number of nitrogen functional groups attached to an aromatic ring is 1. The van der Waals surface area contributed by atoms with Crippen molar-refractivity contribution in [3.8, 4) is 0 Å². The van der Waals surface area contributed by atoms with E-state index >= 15 is 0 Å². The smallest absolute Gasteiger partial charge is 0.226 e. The number of hydrogen-bond acceptors (Lipinski definition) is 4. The maximum absolute atomic E-state index is 11.8. The lowest BCUT2D eigenvalue weighted by atomic mass is 10.2. The number of rotatable bonds is 5. The van der Waals surface area contributed by atoms with Crippen LogP contribution >= 0.6 is 0 Å². The third kappa shape index (κ3) is 3.20. The van der Waals surface area contributed by atoms with Crippen LogP contribution in [-0.2, 0) is 9.53 Å². The van der Waals surface area contributed by atoms with Gasteiger partial charge >= 0.3 is 0 Å². The van der Waals surface area contributed by atoms with Crippen LogP contribution in [0, 0.1) is 0 Å². The van der Waals surface area contributed by atoms with Gasteiger partial charge in [-0.1, -0.05) is 0 Å². The minimum atomic E-state index is 0.0231. The van der Waals surface area contributed by atoms with Crippen molar-refractivity contribution in [2.45, 2.75) is 12.8 Å². The van der Waals surface area contributed by atoms with Crippen molar-refractivity contribution in [1.29, 1.82) is 0 Å². The van der Waals surface area contributed by atoms with Crippen LogP contribution in [0.25, 0.3) is 0 Å². The zero-order valence-corrected chi connectivity index (χ0v) is 9.64. The van der Waals surface area contributed by atoms with Crippen molar-refractivity contribution >= 4 is 17.3 Å². The van der Waals surface area contributed by atoms with Crippen LogP contribution in [0.5, 0.6) is 0 Å². The van der Waals surface area contributed by atoms with E-state index in [0.29, 0.717) is 30.8 Å². The van der Waals surface area contributed by atoms with Gasteiger partial charge in [0, 0.05) is 33.4 Å². The number of amides is 1. The lowest BCUT2D eigenvalue weighted by Crippen LogP contribution is -2.27. The lowest BCUT2D eigenvalue weighted by molar-refractivity contribution is -0.118. The number of ether oxygens (including phenoxy) is 1. The highest BCUT2D eigenvalue weighted by Gasteiger charge is 2.12. The maximum atomic E-state index is 11.8. The van der Waals surface area contributed by atoms with E-state index in [1.807, 2.05) is 0 Å². The van der Waals surface area contributed by atoms with Crippen LogP contribution in [0.1, 0.15) is 12.8 Å². The van der Waals surface area contributed by atoms with Crippen molar-refractivity contribution < 1.29 is 9.53 Å². The third-order valence-corrected chi connectivity index (χ3v) is 2.30. The summed E-state index contributed by atoms with van der Waals surface area (Å²) in [4.78, 5) is 17.2. The number of pyridine rings is 1. The summed E-state index contributed by atoms with van der Waals surface area (Å²) in [6, 6.07) is 1.73. The fourth-order valence-corrected chi connectivity index (χ4v) is 1.37. The van der Waals surface area contributed by atoms with Crippen molar-refractivity contribution in [1.82, 2.24) is 4.98 Å². The number of carbonyl (C=O) groups excluding carboxylic acids is 1. The van der Waals surface area contributed by atoms with Gasteiger partial charge in [-0.15, -0.1) is 0 Å². The topological polar surface area (TPSA) is 68.5 Å². The van der Waals surface area contributed by atoms with E-state index in [1.165, 1.54) is 6.20 Å². The first-order chi connectivity index (χ1) is 7.66. The molecular formula is C11H17N3O2. The predicted octanol–water partition coefficient (Wildman–Crippen LogP) is 1.05. The SMILES string of the molecule is COCCCC(=O)N(C)c1ccncc1N. The zero-order valence-electron chi connectivity index (χ0n) is 9.64. The van der Waals surface area contributed by atoms with E-state index in [0.717, 1.165) is 0 Å². The first-order valence-electron chi connectivity index (χ1n) is 5.11. The van der Waals surface area contributed by atoms with Gasteiger partial charge in [0.25, 0.3) is 0 Å². The lowest BCUT2D eigenvalue weighted by Gasteiger charge is -2.18. The number of methoxy groups -OCH3 is 1. The fourth-order valence-electron chi connectivity index (χ4n) is 1.37. The molecule has 0 saturated heterocycles. The second-order valence-electron chi connectivity index (χ2n) is 3.48. The number of carbonyl (C=O) groups is 1. The predicted molar refractivity (Wildman–Crippen MR) is 63.2 cm³/mol. The monoisotopic (exact) mass is 223 g/mol. The molecule has 0 radical (unpaired) electrons. The van der Waals surface area contributed by atoms with Gasteiger partial charge in [-0.2, -0.15) is 0 Å². The van der Waals surface area contributed by atoms with Gasteiger partial charge in [0.05, 0.1) is 17.6 Å². The molecule has 0 aliphatic carbocycles. The molecule has 0 aromatic carbocycles. The standard InChI is InChI=1S/C11H17N3O2/c1-14(11(15)4-3-7-16-2)10-5-6-13-8-9(10)12/h5-6,8H,3-4,7,12H2,1-2H3. The average molecular weight is 223 g/mol. The molecule has 0 atom stereocenters. The molecular weight excluding hydrogens is 206 g/mol. The molecule has 16 heavy (non-hydrogen) atoms. The van der Waals surface area contributed by atoms with E-state index < -0.39 is 0 Å². The second-order valence-corrected chi connectivity index (χ2v) is 3.48. The maximum Gasteiger partial charge on any atom is 0.226 e.